The molecule has 6 heteroatoms. The summed E-state index contributed by atoms with van der Waals surface area (Å²) in [4.78, 5) is 24.7. The molecule has 1 unspecified atom stereocenters. The van der Waals surface area contributed by atoms with Crippen LogP contribution in [0.4, 0.5) is 4.79 Å². The van der Waals surface area contributed by atoms with Crippen molar-refractivity contribution >= 4 is 23.6 Å². The number of aliphatic carboxylic acids is 1. The van der Waals surface area contributed by atoms with Gasteiger partial charge < -0.3 is 15.3 Å². The van der Waals surface area contributed by atoms with Gasteiger partial charge in [0.05, 0.1) is 12.0 Å². The topological polar surface area (TPSA) is 69.6 Å². The van der Waals surface area contributed by atoms with Gasteiger partial charge >= 0.3 is 12.0 Å². The molecule has 2 amide bonds. The van der Waals surface area contributed by atoms with Crippen molar-refractivity contribution in [3.8, 4) is 0 Å². The summed E-state index contributed by atoms with van der Waals surface area (Å²) in [5.41, 5.74) is 0.980. The lowest BCUT2D eigenvalue weighted by Gasteiger charge is -2.31. The summed E-state index contributed by atoms with van der Waals surface area (Å²) in [5.74, 6) is -1.10. The number of nitrogens with one attached hydrogen (secondary N) is 1. The summed E-state index contributed by atoms with van der Waals surface area (Å²) in [6, 6.07) is 7.07. The zero-order valence-corrected chi connectivity index (χ0v) is 12.6. The van der Waals surface area contributed by atoms with E-state index in [-0.39, 0.29) is 18.0 Å². The molecule has 0 aromatic heterocycles. The maximum absolute atomic E-state index is 12.2. The van der Waals surface area contributed by atoms with Gasteiger partial charge in [0.2, 0.25) is 0 Å². The van der Waals surface area contributed by atoms with E-state index in [1.54, 1.807) is 17.0 Å². The Kier molecular flexibility index (Phi) is 5.07. The largest absolute Gasteiger partial charge is 0.481 e. The number of carboxylic acid groups (broad SMARTS) is 1. The van der Waals surface area contributed by atoms with E-state index in [0.29, 0.717) is 31.0 Å². The molecule has 0 radical (unpaired) electrons. The molecule has 1 aromatic rings. The predicted octanol–water partition coefficient (Wildman–Crippen LogP) is 2.91. The molecule has 0 spiro atoms. The van der Waals surface area contributed by atoms with E-state index in [9.17, 15) is 9.59 Å². The summed E-state index contributed by atoms with van der Waals surface area (Å²) in [6.45, 7) is 2.87. The first-order valence-corrected chi connectivity index (χ1v) is 7.39. The maximum atomic E-state index is 12.2. The SMILES string of the molecule is CC(NC(=O)N1CCC(C(=O)O)CC1)c1ccc(Cl)cc1. The quantitative estimate of drug-likeness (QED) is 0.902. The van der Waals surface area contributed by atoms with E-state index in [0.717, 1.165) is 5.56 Å². The van der Waals surface area contributed by atoms with Crippen molar-refractivity contribution in [1.82, 2.24) is 10.2 Å². The van der Waals surface area contributed by atoms with Crippen LogP contribution >= 0.6 is 11.6 Å². The fraction of sp³-hybridized carbons (Fsp3) is 0.467. The Morgan fingerprint density at radius 3 is 2.38 bits per heavy atom. The van der Waals surface area contributed by atoms with Crippen LogP contribution in [0.15, 0.2) is 24.3 Å². The lowest BCUT2D eigenvalue weighted by Crippen LogP contribution is -2.46. The van der Waals surface area contributed by atoms with Crippen molar-refractivity contribution in [2.45, 2.75) is 25.8 Å². The van der Waals surface area contributed by atoms with Crippen molar-refractivity contribution in [1.29, 1.82) is 0 Å². The van der Waals surface area contributed by atoms with Crippen LogP contribution in [-0.2, 0) is 4.79 Å². The number of urea groups is 1. The van der Waals surface area contributed by atoms with E-state index in [4.69, 9.17) is 16.7 Å². The van der Waals surface area contributed by atoms with E-state index < -0.39 is 5.97 Å². The fourth-order valence-corrected chi connectivity index (χ4v) is 2.57. The number of hydrogen-bond acceptors (Lipinski definition) is 2. The van der Waals surface area contributed by atoms with Crippen molar-refractivity contribution in [2.24, 2.45) is 5.92 Å². The number of rotatable bonds is 3. The summed E-state index contributed by atoms with van der Waals surface area (Å²) in [5, 5.41) is 12.5. The van der Waals surface area contributed by atoms with Gasteiger partial charge in [-0.2, -0.15) is 0 Å². The van der Waals surface area contributed by atoms with Crippen molar-refractivity contribution < 1.29 is 14.7 Å². The molecule has 2 rings (SSSR count). The standard InChI is InChI=1S/C15H19ClN2O3/c1-10(11-2-4-13(16)5-3-11)17-15(21)18-8-6-12(7-9-18)14(19)20/h2-5,10,12H,6-9H2,1H3,(H,17,21)(H,19,20). The van der Waals surface area contributed by atoms with Crippen LogP contribution in [0.2, 0.25) is 5.02 Å². The van der Waals surface area contributed by atoms with E-state index in [2.05, 4.69) is 5.32 Å². The van der Waals surface area contributed by atoms with Crippen LogP contribution in [0.3, 0.4) is 0 Å². The van der Waals surface area contributed by atoms with Crippen LogP contribution in [0.5, 0.6) is 0 Å². The van der Waals surface area contributed by atoms with Gasteiger partial charge in [0, 0.05) is 18.1 Å². The number of benzene rings is 1. The zero-order chi connectivity index (χ0) is 15.4. The maximum Gasteiger partial charge on any atom is 0.317 e. The molecule has 21 heavy (non-hydrogen) atoms. The highest BCUT2D eigenvalue weighted by atomic mass is 35.5. The first-order valence-electron chi connectivity index (χ1n) is 7.01. The minimum atomic E-state index is -0.774. The Morgan fingerprint density at radius 2 is 1.86 bits per heavy atom. The van der Waals surface area contributed by atoms with Gasteiger partial charge in [0.25, 0.3) is 0 Å². The van der Waals surface area contributed by atoms with Gasteiger partial charge in [-0.05, 0) is 37.5 Å². The van der Waals surface area contributed by atoms with Crippen LogP contribution < -0.4 is 5.32 Å². The van der Waals surface area contributed by atoms with Gasteiger partial charge in [0.15, 0.2) is 0 Å². The molecule has 1 saturated heterocycles. The second-order valence-electron chi connectivity index (χ2n) is 5.32. The van der Waals surface area contributed by atoms with Gasteiger partial charge in [-0.1, -0.05) is 23.7 Å². The predicted molar refractivity (Wildman–Crippen MR) is 80.3 cm³/mol. The normalized spacial score (nSPS) is 17.3. The molecule has 1 heterocycles. The number of nitrogens with zero attached hydrogens (tertiary/aromatic N) is 1. The lowest BCUT2D eigenvalue weighted by molar-refractivity contribution is -0.143. The second kappa shape index (κ2) is 6.80. The van der Waals surface area contributed by atoms with Gasteiger partial charge in [-0.15, -0.1) is 0 Å². The Morgan fingerprint density at radius 1 is 1.29 bits per heavy atom. The number of carboxylic acids is 1. The summed E-state index contributed by atoms with van der Waals surface area (Å²) < 4.78 is 0. The number of piperidine rings is 1. The highest BCUT2D eigenvalue weighted by molar-refractivity contribution is 6.30. The zero-order valence-electron chi connectivity index (χ0n) is 11.9. The lowest BCUT2D eigenvalue weighted by atomic mass is 9.97. The van der Waals surface area contributed by atoms with Crippen LogP contribution in [0.1, 0.15) is 31.4 Å². The summed E-state index contributed by atoms with van der Waals surface area (Å²) >= 11 is 5.84. The Bertz CT molecular complexity index is 510. The first kappa shape index (κ1) is 15.6. The molecular weight excluding hydrogens is 292 g/mol. The van der Waals surface area contributed by atoms with Crippen LogP contribution in [0.25, 0.3) is 0 Å². The van der Waals surface area contributed by atoms with Crippen molar-refractivity contribution in [2.75, 3.05) is 13.1 Å². The Balaban J connectivity index is 1.87. The number of carbonyl (C=O) groups excluding carboxylic acids is 1. The molecule has 1 aliphatic heterocycles. The van der Waals surface area contributed by atoms with E-state index in [1.807, 2.05) is 19.1 Å². The molecule has 0 saturated carbocycles. The molecule has 0 aliphatic carbocycles. The summed E-state index contributed by atoms with van der Waals surface area (Å²) in [7, 11) is 0. The molecule has 2 N–H and O–H groups in total. The molecule has 1 atom stereocenters. The molecule has 1 aromatic carbocycles. The van der Waals surface area contributed by atoms with Gasteiger partial charge in [-0.25, -0.2) is 4.79 Å². The Hall–Kier alpha value is -1.75. The average molecular weight is 311 g/mol. The number of amides is 2. The third-order valence-electron chi connectivity index (χ3n) is 3.84. The molecule has 5 nitrogen and oxygen atoms in total. The summed E-state index contributed by atoms with van der Waals surface area (Å²) in [6.07, 6.45) is 1.02. The van der Waals surface area contributed by atoms with Crippen LogP contribution in [-0.4, -0.2) is 35.1 Å². The van der Waals surface area contributed by atoms with Crippen LogP contribution in [0, 0.1) is 5.92 Å². The number of hydrogen-bond donors (Lipinski definition) is 2. The first-order chi connectivity index (χ1) is 9.97. The number of carbonyl (C=O) groups is 2. The van der Waals surface area contributed by atoms with Gasteiger partial charge in [0.1, 0.15) is 0 Å². The third kappa shape index (κ3) is 4.11. The Labute approximate surface area is 128 Å². The monoisotopic (exact) mass is 310 g/mol. The van der Waals surface area contributed by atoms with Crippen molar-refractivity contribution in [3.63, 3.8) is 0 Å². The highest BCUT2D eigenvalue weighted by Crippen LogP contribution is 2.19. The fourth-order valence-electron chi connectivity index (χ4n) is 2.44. The molecule has 1 aliphatic rings. The van der Waals surface area contributed by atoms with Gasteiger partial charge in [-0.3, -0.25) is 4.79 Å². The minimum absolute atomic E-state index is 0.119. The smallest absolute Gasteiger partial charge is 0.317 e. The number of likely N-dealkylation sites (tertiary alicyclic amines) is 1. The molecular formula is C15H19ClN2O3. The van der Waals surface area contributed by atoms with E-state index >= 15 is 0 Å². The second-order valence-corrected chi connectivity index (χ2v) is 5.76. The van der Waals surface area contributed by atoms with E-state index in [1.165, 1.54) is 0 Å². The molecule has 114 valence electrons. The minimum Gasteiger partial charge on any atom is -0.481 e. The van der Waals surface area contributed by atoms with Crippen molar-refractivity contribution in [3.05, 3.63) is 34.9 Å². The molecule has 1 fully saturated rings. The highest BCUT2D eigenvalue weighted by Gasteiger charge is 2.27. The third-order valence-corrected chi connectivity index (χ3v) is 4.09. The molecule has 0 bridgehead atoms. The average Bonchev–Trinajstić information content (AvgIpc) is 2.47. The number of halogens is 1.